The number of ether oxygens (including phenoxy) is 1. The SMILES string of the molecule is COC(=O)C/C=C/C(Cl)=C(C)C. The Morgan fingerprint density at radius 1 is 1.50 bits per heavy atom. The molecule has 0 aromatic rings. The van der Waals surface area contributed by atoms with Crippen LogP contribution < -0.4 is 0 Å². The highest BCUT2D eigenvalue weighted by Gasteiger charge is 1.94. The second-order valence-electron chi connectivity index (χ2n) is 2.53. The molecule has 0 aliphatic heterocycles. The molecule has 0 amide bonds. The van der Waals surface area contributed by atoms with Crippen molar-refractivity contribution in [3.8, 4) is 0 Å². The number of carbonyl (C=O) groups is 1. The lowest BCUT2D eigenvalue weighted by molar-refractivity contribution is -0.139. The summed E-state index contributed by atoms with van der Waals surface area (Å²) in [4.78, 5) is 10.6. The summed E-state index contributed by atoms with van der Waals surface area (Å²) in [5.74, 6) is -0.260. The van der Waals surface area contributed by atoms with Gasteiger partial charge in [0.05, 0.1) is 13.5 Å². The maximum absolute atomic E-state index is 10.6. The minimum absolute atomic E-state index is 0.260. The molecule has 0 radical (unpaired) electrons. The zero-order valence-corrected chi connectivity index (χ0v) is 8.31. The van der Waals surface area contributed by atoms with Crippen molar-refractivity contribution >= 4 is 17.6 Å². The average molecular weight is 189 g/mol. The van der Waals surface area contributed by atoms with Crippen LogP contribution in [-0.2, 0) is 9.53 Å². The minimum atomic E-state index is -0.260. The van der Waals surface area contributed by atoms with Gasteiger partial charge in [-0.2, -0.15) is 0 Å². The Morgan fingerprint density at radius 2 is 2.08 bits per heavy atom. The number of hydrogen-bond donors (Lipinski definition) is 0. The summed E-state index contributed by atoms with van der Waals surface area (Å²) in [6.45, 7) is 3.82. The third-order valence-corrected chi connectivity index (χ3v) is 1.76. The molecule has 0 aromatic heterocycles. The maximum Gasteiger partial charge on any atom is 0.309 e. The maximum atomic E-state index is 10.6. The first-order valence-corrected chi connectivity index (χ1v) is 4.02. The lowest BCUT2D eigenvalue weighted by Gasteiger charge is -1.93. The first kappa shape index (κ1) is 11.2. The van der Waals surface area contributed by atoms with Gasteiger partial charge in [-0.1, -0.05) is 23.3 Å². The smallest absolute Gasteiger partial charge is 0.309 e. The van der Waals surface area contributed by atoms with E-state index in [1.807, 2.05) is 13.8 Å². The van der Waals surface area contributed by atoms with E-state index in [9.17, 15) is 4.79 Å². The van der Waals surface area contributed by atoms with Gasteiger partial charge < -0.3 is 4.74 Å². The molecular formula is C9H13ClO2. The predicted molar refractivity (Wildman–Crippen MR) is 50.0 cm³/mol. The lowest BCUT2D eigenvalue weighted by atomic mass is 10.3. The van der Waals surface area contributed by atoms with Crippen LogP contribution in [0.25, 0.3) is 0 Å². The number of halogens is 1. The molecule has 0 aromatic carbocycles. The Kier molecular flexibility index (Phi) is 5.47. The molecule has 0 fully saturated rings. The van der Waals surface area contributed by atoms with Gasteiger partial charge in [-0.05, 0) is 19.9 Å². The topological polar surface area (TPSA) is 26.3 Å². The molecule has 2 nitrogen and oxygen atoms in total. The van der Waals surface area contributed by atoms with E-state index in [1.54, 1.807) is 12.2 Å². The normalized spacial score (nSPS) is 10.0. The molecule has 3 heteroatoms. The van der Waals surface area contributed by atoms with Crippen molar-refractivity contribution in [1.82, 2.24) is 0 Å². The van der Waals surface area contributed by atoms with Gasteiger partial charge in [0.15, 0.2) is 0 Å². The van der Waals surface area contributed by atoms with Crippen LogP contribution in [0.3, 0.4) is 0 Å². The summed E-state index contributed by atoms with van der Waals surface area (Å²) in [7, 11) is 1.36. The third kappa shape index (κ3) is 4.97. The van der Waals surface area contributed by atoms with Crippen molar-refractivity contribution in [3.05, 3.63) is 22.8 Å². The van der Waals surface area contributed by atoms with Gasteiger partial charge in [-0.25, -0.2) is 0 Å². The Labute approximate surface area is 77.9 Å². The minimum Gasteiger partial charge on any atom is -0.469 e. The molecule has 0 atom stereocenters. The first-order valence-electron chi connectivity index (χ1n) is 3.64. The van der Waals surface area contributed by atoms with Crippen molar-refractivity contribution in [2.45, 2.75) is 20.3 Å². The van der Waals surface area contributed by atoms with Crippen LogP contribution in [0.15, 0.2) is 22.8 Å². The summed E-state index contributed by atoms with van der Waals surface area (Å²) in [5, 5.41) is 0.666. The summed E-state index contributed by atoms with van der Waals surface area (Å²) in [6.07, 6.45) is 3.65. The zero-order chi connectivity index (χ0) is 9.56. The van der Waals surface area contributed by atoms with Gasteiger partial charge in [0.2, 0.25) is 0 Å². The van der Waals surface area contributed by atoms with E-state index in [0.717, 1.165) is 5.57 Å². The fourth-order valence-electron chi connectivity index (χ4n) is 0.509. The number of methoxy groups -OCH3 is 1. The molecule has 0 unspecified atom stereocenters. The van der Waals surface area contributed by atoms with Gasteiger partial charge >= 0.3 is 5.97 Å². The standard InChI is InChI=1S/C9H13ClO2/c1-7(2)8(10)5-4-6-9(11)12-3/h4-5H,6H2,1-3H3/b5-4+. The van der Waals surface area contributed by atoms with Crippen molar-refractivity contribution in [2.75, 3.05) is 7.11 Å². The third-order valence-electron chi connectivity index (χ3n) is 1.25. The van der Waals surface area contributed by atoms with Crippen LogP contribution in [-0.4, -0.2) is 13.1 Å². The summed E-state index contributed by atoms with van der Waals surface area (Å²) < 4.78 is 4.44. The van der Waals surface area contributed by atoms with Gasteiger partial charge in [0.25, 0.3) is 0 Å². The number of hydrogen-bond acceptors (Lipinski definition) is 2. The molecule has 0 bridgehead atoms. The monoisotopic (exact) mass is 188 g/mol. The quantitative estimate of drug-likeness (QED) is 0.503. The van der Waals surface area contributed by atoms with E-state index in [-0.39, 0.29) is 12.4 Å². The molecule has 12 heavy (non-hydrogen) atoms. The number of carbonyl (C=O) groups excluding carboxylic acids is 1. The summed E-state index contributed by atoms with van der Waals surface area (Å²) in [6, 6.07) is 0. The largest absolute Gasteiger partial charge is 0.469 e. The Bertz CT molecular complexity index is 213. The highest BCUT2D eigenvalue weighted by Crippen LogP contribution is 2.09. The van der Waals surface area contributed by atoms with E-state index in [4.69, 9.17) is 11.6 Å². The average Bonchev–Trinajstić information content (AvgIpc) is 2.03. The van der Waals surface area contributed by atoms with Gasteiger partial charge in [0, 0.05) is 5.03 Å². The summed E-state index contributed by atoms with van der Waals surface area (Å²) >= 11 is 5.78. The van der Waals surface area contributed by atoms with E-state index in [0.29, 0.717) is 5.03 Å². The Balaban J connectivity index is 3.93. The second kappa shape index (κ2) is 5.84. The zero-order valence-electron chi connectivity index (χ0n) is 7.56. The fraction of sp³-hybridized carbons (Fsp3) is 0.444. The first-order chi connectivity index (χ1) is 5.57. The molecule has 0 aliphatic rings. The molecule has 68 valence electrons. The van der Waals surface area contributed by atoms with Gasteiger partial charge in [-0.15, -0.1) is 0 Å². The Morgan fingerprint density at radius 3 is 2.50 bits per heavy atom. The van der Waals surface area contributed by atoms with Crippen molar-refractivity contribution in [1.29, 1.82) is 0 Å². The molecule has 0 aliphatic carbocycles. The number of esters is 1. The van der Waals surface area contributed by atoms with Crippen molar-refractivity contribution in [3.63, 3.8) is 0 Å². The highest BCUT2D eigenvalue weighted by atomic mass is 35.5. The van der Waals surface area contributed by atoms with Crippen LogP contribution in [0.4, 0.5) is 0 Å². The molecule has 0 spiro atoms. The van der Waals surface area contributed by atoms with Crippen molar-refractivity contribution < 1.29 is 9.53 Å². The van der Waals surface area contributed by atoms with Crippen LogP contribution in [0.2, 0.25) is 0 Å². The van der Waals surface area contributed by atoms with Crippen molar-refractivity contribution in [2.24, 2.45) is 0 Å². The van der Waals surface area contributed by atoms with Gasteiger partial charge in [-0.3, -0.25) is 4.79 Å². The van der Waals surface area contributed by atoms with E-state index in [1.165, 1.54) is 7.11 Å². The molecule has 0 N–H and O–H groups in total. The van der Waals surface area contributed by atoms with Crippen LogP contribution >= 0.6 is 11.6 Å². The van der Waals surface area contributed by atoms with Crippen LogP contribution in [0.5, 0.6) is 0 Å². The number of rotatable bonds is 3. The van der Waals surface area contributed by atoms with Crippen LogP contribution in [0.1, 0.15) is 20.3 Å². The number of allylic oxidation sites excluding steroid dienone is 3. The Hall–Kier alpha value is -0.760. The fourth-order valence-corrected chi connectivity index (χ4v) is 0.598. The van der Waals surface area contributed by atoms with E-state index in [2.05, 4.69) is 4.74 Å². The van der Waals surface area contributed by atoms with Crippen LogP contribution in [0, 0.1) is 0 Å². The molecule has 0 rings (SSSR count). The van der Waals surface area contributed by atoms with E-state index >= 15 is 0 Å². The lowest BCUT2D eigenvalue weighted by Crippen LogP contribution is -1.96. The summed E-state index contributed by atoms with van der Waals surface area (Å²) in [5.41, 5.74) is 1.03. The van der Waals surface area contributed by atoms with E-state index < -0.39 is 0 Å². The highest BCUT2D eigenvalue weighted by molar-refractivity contribution is 6.31. The second-order valence-corrected chi connectivity index (χ2v) is 2.94. The molecule has 0 heterocycles. The molecule has 0 saturated heterocycles. The molecular weight excluding hydrogens is 176 g/mol. The van der Waals surface area contributed by atoms with Gasteiger partial charge in [0.1, 0.15) is 0 Å². The predicted octanol–water partition coefficient (Wildman–Crippen LogP) is 2.64. The molecule has 0 saturated carbocycles.